The summed E-state index contributed by atoms with van der Waals surface area (Å²) in [7, 11) is 1.50. The molecular weight excluding hydrogens is 184 g/mol. The minimum atomic E-state index is -0.698. The normalized spacial score (nSPS) is 11.9. The first-order valence-electron chi connectivity index (χ1n) is 4.14. The molecule has 0 saturated carbocycles. The number of hydrogen-bond acceptors (Lipinski definition) is 5. The zero-order chi connectivity index (χ0) is 10.4. The molecule has 6 nitrogen and oxygen atoms in total. The minimum absolute atomic E-state index is 0.293. The maximum atomic E-state index is 11.2. The van der Waals surface area contributed by atoms with Crippen LogP contribution in [0.5, 0.6) is 0 Å². The van der Waals surface area contributed by atoms with Gasteiger partial charge in [0.1, 0.15) is 11.9 Å². The van der Waals surface area contributed by atoms with E-state index in [0.29, 0.717) is 5.82 Å². The highest BCUT2D eigenvalue weighted by atomic mass is 16.3. The molecule has 6 heteroatoms. The van der Waals surface area contributed by atoms with Crippen LogP contribution in [0.15, 0.2) is 18.3 Å². The number of anilines is 1. The lowest BCUT2D eigenvalue weighted by molar-refractivity contribution is -0.122. The summed E-state index contributed by atoms with van der Waals surface area (Å²) in [5.41, 5.74) is 0. The van der Waals surface area contributed by atoms with Crippen LogP contribution in [0.4, 0.5) is 5.82 Å². The largest absolute Gasteiger partial charge is 0.394 e. The Morgan fingerprint density at radius 3 is 3.00 bits per heavy atom. The Kier molecular flexibility index (Phi) is 3.81. The molecule has 0 radical (unpaired) electrons. The summed E-state index contributed by atoms with van der Waals surface area (Å²) >= 11 is 0. The molecule has 3 N–H and O–H groups in total. The highest BCUT2D eigenvalue weighted by molar-refractivity contribution is 5.84. The third-order valence-electron chi connectivity index (χ3n) is 1.64. The molecule has 0 aliphatic carbocycles. The number of aliphatic hydroxyl groups is 1. The highest BCUT2D eigenvalue weighted by Crippen LogP contribution is 2.00. The monoisotopic (exact) mass is 196 g/mol. The number of nitrogens with one attached hydrogen (secondary N) is 2. The fourth-order valence-corrected chi connectivity index (χ4v) is 0.925. The lowest BCUT2D eigenvalue weighted by Gasteiger charge is -2.14. The third-order valence-corrected chi connectivity index (χ3v) is 1.64. The van der Waals surface area contributed by atoms with E-state index in [2.05, 4.69) is 20.8 Å². The lowest BCUT2D eigenvalue weighted by Crippen LogP contribution is -2.40. The molecule has 1 heterocycles. The topological polar surface area (TPSA) is 87.1 Å². The minimum Gasteiger partial charge on any atom is -0.394 e. The smallest absolute Gasteiger partial charge is 0.244 e. The Bertz CT molecular complexity index is 291. The van der Waals surface area contributed by atoms with Crippen molar-refractivity contribution >= 4 is 11.7 Å². The van der Waals surface area contributed by atoms with Crippen molar-refractivity contribution in [2.45, 2.75) is 6.04 Å². The number of hydrogen-bond donors (Lipinski definition) is 3. The Labute approximate surface area is 81.4 Å². The molecule has 0 saturated heterocycles. The number of aromatic nitrogens is 2. The number of carbonyl (C=O) groups excluding carboxylic acids is 1. The van der Waals surface area contributed by atoms with Crippen molar-refractivity contribution in [1.29, 1.82) is 0 Å². The van der Waals surface area contributed by atoms with E-state index in [-0.39, 0.29) is 12.5 Å². The summed E-state index contributed by atoms with van der Waals surface area (Å²) in [5, 5.41) is 21.4. The molecule has 0 fully saturated rings. The SMILES string of the molecule is CNC(=O)C(CO)Nc1cccnn1. The number of rotatable bonds is 4. The van der Waals surface area contributed by atoms with Crippen LogP contribution in [0, 0.1) is 0 Å². The fraction of sp³-hybridized carbons (Fsp3) is 0.375. The van der Waals surface area contributed by atoms with Gasteiger partial charge in [0.05, 0.1) is 6.61 Å². The molecule has 14 heavy (non-hydrogen) atoms. The molecular formula is C8H12N4O2. The lowest BCUT2D eigenvalue weighted by atomic mass is 10.3. The second-order valence-electron chi connectivity index (χ2n) is 2.60. The van der Waals surface area contributed by atoms with Crippen molar-refractivity contribution in [3.63, 3.8) is 0 Å². The van der Waals surface area contributed by atoms with Gasteiger partial charge in [0.25, 0.3) is 0 Å². The van der Waals surface area contributed by atoms with Crippen LogP contribution >= 0.6 is 0 Å². The van der Waals surface area contributed by atoms with Crippen molar-refractivity contribution in [3.05, 3.63) is 18.3 Å². The fourth-order valence-electron chi connectivity index (χ4n) is 0.925. The molecule has 1 amide bonds. The molecule has 0 aromatic carbocycles. The van der Waals surface area contributed by atoms with Crippen LogP contribution in [0.3, 0.4) is 0 Å². The maximum absolute atomic E-state index is 11.2. The molecule has 0 aliphatic rings. The molecule has 76 valence electrons. The van der Waals surface area contributed by atoms with Crippen LogP contribution in [0.25, 0.3) is 0 Å². The zero-order valence-electron chi connectivity index (χ0n) is 7.77. The van der Waals surface area contributed by atoms with Gasteiger partial charge in [0.2, 0.25) is 5.91 Å². The summed E-state index contributed by atoms with van der Waals surface area (Å²) in [6.45, 7) is -0.295. The van der Waals surface area contributed by atoms with E-state index >= 15 is 0 Å². The highest BCUT2D eigenvalue weighted by Gasteiger charge is 2.15. The van der Waals surface area contributed by atoms with Gasteiger partial charge < -0.3 is 15.7 Å². The first-order valence-corrected chi connectivity index (χ1v) is 4.14. The zero-order valence-corrected chi connectivity index (χ0v) is 7.77. The quantitative estimate of drug-likeness (QED) is 0.574. The van der Waals surface area contributed by atoms with Crippen molar-refractivity contribution in [2.75, 3.05) is 19.0 Å². The van der Waals surface area contributed by atoms with Gasteiger partial charge in [-0.05, 0) is 12.1 Å². The summed E-state index contributed by atoms with van der Waals surface area (Å²) in [6, 6.07) is 2.66. The van der Waals surface area contributed by atoms with Crippen LogP contribution in [-0.2, 0) is 4.79 Å². The van der Waals surface area contributed by atoms with Gasteiger partial charge in [-0.2, -0.15) is 5.10 Å². The molecule has 1 unspecified atom stereocenters. The van der Waals surface area contributed by atoms with Gasteiger partial charge >= 0.3 is 0 Å². The van der Waals surface area contributed by atoms with E-state index in [0.717, 1.165) is 0 Å². The predicted molar refractivity (Wildman–Crippen MR) is 50.6 cm³/mol. The first kappa shape index (κ1) is 10.4. The second kappa shape index (κ2) is 5.13. The Morgan fingerprint density at radius 1 is 1.71 bits per heavy atom. The molecule has 0 bridgehead atoms. The Hall–Kier alpha value is -1.69. The van der Waals surface area contributed by atoms with Gasteiger partial charge in [-0.25, -0.2) is 0 Å². The second-order valence-corrected chi connectivity index (χ2v) is 2.60. The molecule has 1 aromatic rings. The number of amides is 1. The standard InChI is InChI=1S/C8H12N4O2/c1-9-8(14)6(5-13)11-7-3-2-4-10-12-7/h2-4,6,13H,5H2,1H3,(H,9,14)(H,11,12). The molecule has 1 atom stereocenters. The van der Waals surface area contributed by atoms with Crippen LogP contribution in [-0.4, -0.2) is 40.9 Å². The Balaban J connectivity index is 2.62. The van der Waals surface area contributed by atoms with E-state index in [1.54, 1.807) is 12.1 Å². The molecule has 1 aromatic heterocycles. The van der Waals surface area contributed by atoms with Gasteiger partial charge in [-0.1, -0.05) is 0 Å². The Morgan fingerprint density at radius 2 is 2.50 bits per heavy atom. The molecule has 1 rings (SSSR count). The summed E-state index contributed by atoms with van der Waals surface area (Å²) in [4.78, 5) is 11.2. The van der Waals surface area contributed by atoms with Gasteiger partial charge in [0.15, 0.2) is 0 Å². The average molecular weight is 196 g/mol. The van der Waals surface area contributed by atoms with Crippen LogP contribution in [0.2, 0.25) is 0 Å². The first-order chi connectivity index (χ1) is 6.77. The van der Waals surface area contributed by atoms with Gasteiger partial charge in [0, 0.05) is 13.2 Å². The van der Waals surface area contributed by atoms with E-state index in [1.165, 1.54) is 13.2 Å². The van der Waals surface area contributed by atoms with Crippen LogP contribution in [0.1, 0.15) is 0 Å². The number of nitrogens with zero attached hydrogens (tertiary/aromatic N) is 2. The number of likely N-dealkylation sites (N-methyl/N-ethyl adjacent to an activating group) is 1. The molecule has 0 aliphatic heterocycles. The van der Waals surface area contributed by atoms with Crippen molar-refractivity contribution < 1.29 is 9.90 Å². The van der Waals surface area contributed by atoms with E-state index in [4.69, 9.17) is 5.11 Å². The van der Waals surface area contributed by atoms with E-state index in [9.17, 15) is 4.79 Å². The summed E-state index contributed by atoms with van der Waals surface area (Å²) in [6.07, 6.45) is 1.53. The van der Waals surface area contributed by atoms with Crippen molar-refractivity contribution in [2.24, 2.45) is 0 Å². The summed E-state index contributed by atoms with van der Waals surface area (Å²) < 4.78 is 0. The summed E-state index contributed by atoms with van der Waals surface area (Å²) in [5.74, 6) is 0.160. The third kappa shape index (κ3) is 2.67. The van der Waals surface area contributed by atoms with E-state index < -0.39 is 6.04 Å². The van der Waals surface area contributed by atoms with Gasteiger partial charge in [-0.15, -0.1) is 5.10 Å². The number of carbonyl (C=O) groups is 1. The van der Waals surface area contributed by atoms with E-state index in [1.807, 2.05) is 0 Å². The van der Waals surface area contributed by atoms with Crippen molar-refractivity contribution in [3.8, 4) is 0 Å². The molecule has 0 spiro atoms. The number of aliphatic hydroxyl groups excluding tert-OH is 1. The van der Waals surface area contributed by atoms with Crippen LogP contribution < -0.4 is 10.6 Å². The maximum Gasteiger partial charge on any atom is 0.244 e. The van der Waals surface area contributed by atoms with Crippen molar-refractivity contribution in [1.82, 2.24) is 15.5 Å². The van der Waals surface area contributed by atoms with Gasteiger partial charge in [-0.3, -0.25) is 4.79 Å². The predicted octanol–water partition coefficient (Wildman–Crippen LogP) is -1.00. The average Bonchev–Trinajstić information content (AvgIpc) is 2.26.